The van der Waals surface area contributed by atoms with Crippen molar-refractivity contribution in [3.8, 4) is 0 Å². The number of rotatable bonds is 1. The molecule has 0 bridgehead atoms. The van der Waals surface area contributed by atoms with Crippen molar-refractivity contribution in [1.29, 1.82) is 0 Å². The van der Waals surface area contributed by atoms with E-state index in [2.05, 4.69) is 25.2 Å². The quantitative estimate of drug-likeness (QED) is 0.738. The lowest BCUT2D eigenvalue weighted by molar-refractivity contribution is 0.435. The fourth-order valence-corrected chi connectivity index (χ4v) is 3.74. The molecule has 3 heteroatoms. The highest BCUT2D eigenvalue weighted by atomic mass is 32.1. The number of nitrogens with zero attached hydrogens (tertiary/aromatic N) is 2. The topological polar surface area (TPSA) is 17.3 Å². The summed E-state index contributed by atoms with van der Waals surface area (Å²) < 4.78 is 2.40. The second-order valence-corrected chi connectivity index (χ2v) is 6.07. The van der Waals surface area contributed by atoms with Crippen molar-refractivity contribution in [1.82, 2.24) is 9.38 Å². The zero-order valence-corrected chi connectivity index (χ0v) is 11.0. The summed E-state index contributed by atoms with van der Waals surface area (Å²) in [5, 5.41) is 0. The van der Waals surface area contributed by atoms with Gasteiger partial charge in [-0.25, -0.2) is 4.98 Å². The molecule has 2 heterocycles. The molecule has 0 N–H and O–H groups in total. The van der Waals surface area contributed by atoms with E-state index in [9.17, 15) is 0 Å². The molecule has 0 saturated heterocycles. The van der Waals surface area contributed by atoms with Crippen LogP contribution >= 0.6 is 11.3 Å². The maximum Gasteiger partial charge on any atom is 0.194 e. The van der Waals surface area contributed by atoms with Gasteiger partial charge in [0.05, 0.1) is 5.69 Å². The van der Waals surface area contributed by atoms with Crippen LogP contribution in [0.5, 0.6) is 0 Å². The van der Waals surface area contributed by atoms with Crippen LogP contribution in [0.25, 0.3) is 4.96 Å². The monoisotopic (exact) mass is 234 g/mol. The van der Waals surface area contributed by atoms with E-state index in [4.69, 9.17) is 4.98 Å². The normalized spacial score (nSPS) is 20.3. The summed E-state index contributed by atoms with van der Waals surface area (Å²) in [5.41, 5.74) is 4.25. The van der Waals surface area contributed by atoms with Crippen molar-refractivity contribution in [2.45, 2.75) is 46.5 Å². The third kappa shape index (κ3) is 1.34. The standard InChI is InChI=1S/C13H18N2S/c1-4-10-5-6-11-12(7-10)15-8(2)9(3)16-13(15)14-11/h10H,4-7H2,1-3H3. The van der Waals surface area contributed by atoms with Gasteiger partial charge in [0.15, 0.2) is 4.96 Å². The van der Waals surface area contributed by atoms with Crippen molar-refractivity contribution in [2.24, 2.45) is 5.92 Å². The summed E-state index contributed by atoms with van der Waals surface area (Å²) in [4.78, 5) is 7.40. The Morgan fingerprint density at radius 1 is 1.44 bits per heavy atom. The predicted molar refractivity (Wildman–Crippen MR) is 68.3 cm³/mol. The lowest BCUT2D eigenvalue weighted by atomic mass is 9.88. The lowest BCUT2D eigenvalue weighted by Gasteiger charge is -2.20. The summed E-state index contributed by atoms with van der Waals surface area (Å²) in [6, 6.07) is 0. The fraction of sp³-hybridized carbons (Fsp3) is 0.615. The van der Waals surface area contributed by atoms with Gasteiger partial charge in [-0.15, -0.1) is 11.3 Å². The molecule has 1 aliphatic rings. The number of fused-ring (bicyclic) bond motifs is 3. The number of hydrogen-bond donors (Lipinski definition) is 0. The molecule has 0 spiro atoms. The third-order valence-electron chi connectivity index (χ3n) is 3.96. The molecule has 0 radical (unpaired) electrons. The molecule has 2 aromatic heterocycles. The van der Waals surface area contributed by atoms with Crippen molar-refractivity contribution in [2.75, 3.05) is 0 Å². The van der Waals surface area contributed by atoms with Crippen molar-refractivity contribution >= 4 is 16.3 Å². The van der Waals surface area contributed by atoms with Crippen LogP contribution in [0.15, 0.2) is 0 Å². The molecule has 0 saturated carbocycles. The Bertz CT molecular complexity index is 536. The molecule has 1 atom stereocenters. The van der Waals surface area contributed by atoms with E-state index in [0.29, 0.717) is 0 Å². The van der Waals surface area contributed by atoms with Crippen LogP contribution in [0.1, 0.15) is 41.7 Å². The minimum absolute atomic E-state index is 0.868. The minimum Gasteiger partial charge on any atom is -0.291 e. The number of imidazole rings is 1. The first-order chi connectivity index (χ1) is 7.70. The highest BCUT2D eigenvalue weighted by Crippen LogP contribution is 2.32. The highest BCUT2D eigenvalue weighted by molar-refractivity contribution is 7.17. The average molecular weight is 234 g/mol. The SMILES string of the molecule is CCC1CCc2nc3sc(C)c(C)n3c2C1. The van der Waals surface area contributed by atoms with E-state index in [1.165, 1.54) is 52.6 Å². The van der Waals surface area contributed by atoms with E-state index in [-0.39, 0.29) is 0 Å². The smallest absolute Gasteiger partial charge is 0.194 e. The lowest BCUT2D eigenvalue weighted by Crippen LogP contribution is -2.14. The maximum atomic E-state index is 4.79. The van der Waals surface area contributed by atoms with Gasteiger partial charge in [0.1, 0.15) is 0 Å². The van der Waals surface area contributed by atoms with Gasteiger partial charge in [-0.05, 0) is 39.0 Å². The van der Waals surface area contributed by atoms with E-state index >= 15 is 0 Å². The minimum atomic E-state index is 0.868. The Kier molecular flexibility index (Phi) is 2.32. The Morgan fingerprint density at radius 3 is 3.00 bits per heavy atom. The van der Waals surface area contributed by atoms with Crippen LogP contribution in [0, 0.1) is 19.8 Å². The number of thiazole rings is 1. The zero-order chi connectivity index (χ0) is 11.3. The molecule has 0 aliphatic heterocycles. The zero-order valence-electron chi connectivity index (χ0n) is 10.2. The fourth-order valence-electron chi connectivity index (χ4n) is 2.73. The molecule has 1 unspecified atom stereocenters. The van der Waals surface area contributed by atoms with E-state index in [0.717, 1.165) is 5.92 Å². The second kappa shape index (κ2) is 3.59. The third-order valence-corrected chi connectivity index (χ3v) is 5.02. The van der Waals surface area contributed by atoms with Crippen LogP contribution in [0.4, 0.5) is 0 Å². The molecule has 0 aromatic carbocycles. The van der Waals surface area contributed by atoms with E-state index in [1.807, 2.05) is 11.3 Å². The summed E-state index contributed by atoms with van der Waals surface area (Å²) in [5.74, 6) is 0.868. The van der Waals surface area contributed by atoms with Gasteiger partial charge >= 0.3 is 0 Å². The molecule has 2 aromatic rings. The van der Waals surface area contributed by atoms with Gasteiger partial charge < -0.3 is 0 Å². The first-order valence-corrected chi connectivity index (χ1v) is 6.98. The molecule has 2 nitrogen and oxygen atoms in total. The van der Waals surface area contributed by atoms with Crippen LogP contribution in [0.2, 0.25) is 0 Å². The molecule has 0 amide bonds. The van der Waals surface area contributed by atoms with Gasteiger partial charge in [-0.2, -0.15) is 0 Å². The summed E-state index contributed by atoms with van der Waals surface area (Å²) in [7, 11) is 0. The number of hydrogen-bond acceptors (Lipinski definition) is 2. The first-order valence-electron chi connectivity index (χ1n) is 6.17. The average Bonchev–Trinajstić information content (AvgIpc) is 2.76. The molecule has 0 fully saturated rings. The largest absolute Gasteiger partial charge is 0.291 e. The Labute approximate surface area is 100 Å². The van der Waals surface area contributed by atoms with Crippen molar-refractivity contribution in [3.05, 3.63) is 22.0 Å². The number of aryl methyl sites for hydroxylation is 3. The van der Waals surface area contributed by atoms with Gasteiger partial charge in [-0.3, -0.25) is 4.40 Å². The van der Waals surface area contributed by atoms with Gasteiger partial charge in [0.2, 0.25) is 0 Å². The van der Waals surface area contributed by atoms with Crippen LogP contribution in [0.3, 0.4) is 0 Å². The molecule has 3 rings (SSSR count). The Morgan fingerprint density at radius 2 is 2.25 bits per heavy atom. The Balaban J connectivity index is 2.18. The van der Waals surface area contributed by atoms with Crippen molar-refractivity contribution in [3.63, 3.8) is 0 Å². The van der Waals surface area contributed by atoms with Gasteiger partial charge in [-0.1, -0.05) is 13.3 Å². The summed E-state index contributed by atoms with van der Waals surface area (Å²) in [6.07, 6.45) is 5.03. The van der Waals surface area contributed by atoms with Crippen molar-refractivity contribution < 1.29 is 0 Å². The molecule has 86 valence electrons. The van der Waals surface area contributed by atoms with Gasteiger partial charge in [0.25, 0.3) is 0 Å². The molecule has 1 aliphatic carbocycles. The first kappa shape index (κ1) is 10.3. The molecular formula is C13H18N2S. The summed E-state index contributed by atoms with van der Waals surface area (Å²) in [6.45, 7) is 6.72. The van der Waals surface area contributed by atoms with Gasteiger partial charge in [0, 0.05) is 16.3 Å². The van der Waals surface area contributed by atoms with Crippen LogP contribution in [-0.4, -0.2) is 9.38 Å². The Hall–Kier alpha value is -0.830. The second-order valence-electron chi connectivity index (χ2n) is 4.88. The maximum absolute atomic E-state index is 4.79. The number of aromatic nitrogens is 2. The molecular weight excluding hydrogens is 216 g/mol. The molecule has 16 heavy (non-hydrogen) atoms. The van der Waals surface area contributed by atoms with E-state index < -0.39 is 0 Å². The van der Waals surface area contributed by atoms with Crippen LogP contribution in [-0.2, 0) is 12.8 Å². The predicted octanol–water partition coefficient (Wildman–Crippen LogP) is 3.53. The summed E-state index contributed by atoms with van der Waals surface area (Å²) >= 11 is 1.83. The van der Waals surface area contributed by atoms with Crippen LogP contribution < -0.4 is 0 Å². The van der Waals surface area contributed by atoms with E-state index in [1.54, 1.807) is 0 Å². The highest BCUT2D eigenvalue weighted by Gasteiger charge is 2.24.